The third-order valence-corrected chi connectivity index (χ3v) is 4.95. The van der Waals surface area contributed by atoms with Gasteiger partial charge in [-0.05, 0) is 12.8 Å². The van der Waals surface area contributed by atoms with Crippen LogP contribution in [0.2, 0.25) is 0 Å². The maximum Gasteiger partial charge on any atom is 0.326 e. The molecule has 4 unspecified atom stereocenters. The minimum atomic E-state index is -1.61. The Morgan fingerprint density at radius 2 is 1.43 bits per heavy atom. The van der Waals surface area contributed by atoms with Crippen molar-refractivity contribution in [2.75, 3.05) is 0 Å². The number of aromatic amines is 1. The van der Waals surface area contributed by atoms with Crippen molar-refractivity contribution in [3.63, 3.8) is 0 Å². The molecule has 0 fully saturated rings. The molecule has 37 heavy (non-hydrogen) atoms. The van der Waals surface area contributed by atoms with Crippen molar-refractivity contribution < 1.29 is 43.8 Å². The highest BCUT2D eigenvalue weighted by atomic mass is 16.4. The normalized spacial score (nSPS) is 13.9. The van der Waals surface area contributed by atoms with E-state index >= 15 is 0 Å². The summed E-state index contributed by atoms with van der Waals surface area (Å²) in [6.45, 7) is 0. The lowest BCUT2D eigenvalue weighted by molar-refractivity contribution is -0.142. The van der Waals surface area contributed by atoms with Crippen molar-refractivity contribution in [1.82, 2.24) is 25.9 Å². The van der Waals surface area contributed by atoms with Crippen molar-refractivity contribution in [2.24, 2.45) is 17.2 Å². The van der Waals surface area contributed by atoms with Gasteiger partial charge in [-0.3, -0.25) is 28.8 Å². The summed E-state index contributed by atoms with van der Waals surface area (Å²) in [4.78, 5) is 89.4. The van der Waals surface area contributed by atoms with Crippen LogP contribution in [0, 0.1) is 0 Å². The van der Waals surface area contributed by atoms with Crippen LogP contribution in [0.5, 0.6) is 0 Å². The molecule has 0 radical (unpaired) electrons. The number of hydrogen-bond donors (Lipinski definition) is 9. The number of carboxylic acids is 2. The monoisotopic (exact) mass is 526 g/mol. The van der Waals surface area contributed by atoms with E-state index in [-0.39, 0.29) is 25.7 Å². The molecule has 1 aromatic heterocycles. The Kier molecular flexibility index (Phi) is 12.2. The Bertz CT molecular complexity index is 998. The predicted octanol–water partition coefficient (Wildman–Crippen LogP) is -4.18. The van der Waals surface area contributed by atoms with E-state index in [0.717, 1.165) is 0 Å². The number of amides is 5. The van der Waals surface area contributed by atoms with E-state index < -0.39 is 78.5 Å². The molecule has 4 atom stereocenters. The molecular formula is C20H30N8O9. The van der Waals surface area contributed by atoms with Crippen LogP contribution >= 0.6 is 0 Å². The maximum absolute atomic E-state index is 12.8. The molecule has 1 rings (SSSR count). The number of aromatic nitrogens is 2. The van der Waals surface area contributed by atoms with Gasteiger partial charge in [-0.25, -0.2) is 9.78 Å². The van der Waals surface area contributed by atoms with Crippen LogP contribution in [-0.4, -0.2) is 85.8 Å². The minimum absolute atomic E-state index is 0.174. The number of nitrogens with two attached hydrogens (primary N) is 3. The Balaban J connectivity index is 3.00. The second-order valence-corrected chi connectivity index (χ2v) is 8.02. The van der Waals surface area contributed by atoms with E-state index in [0.29, 0.717) is 5.69 Å². The topological polar surface area (TPSA) is 303 Å². The molecule has 17 heteroatoms. The fourth-order valence-electron chi connectivity index (χ4n) is 3.02. The number of carbonyl (C=O) groups is 7. The second-order valence-electron chi connectivity index (χ2n) is 8.02. The third kappa shape index (κ3) is 11.6. The molecule has 5 amide bonds. The first-order chi connectivity index (χ1) is 17.3. The molecule has 1 aromatic rings. The molecule has 0 aliphatic rings. The van der Waals surface area contributed by atoms with Gasteiger partial charge in [-0.1, -0.05) is 0 Å². The van der Waals surface area contributed by atoms with E-state index in [2.05, 4.69) is 25.9 Å². The number of imidazole rings is 1. The Labute approximate surface area is 209 Å². The summed E-state index contributed by atoms with van der Waals surface area (Å²) in [7, 11) is 0. The number of H-pyrrole nitrogens is 1. The third-order valence-electron chi connectivity index (χ3n) is 4.95. The van der Waals surface area contributed by atoms with E-state index in [1.807, 2.05) is 0 Å². The summed E-state index contributed by atoms with van der Waals surface area (Å²) in [6.07, 6.45) is 0.390. The van der Waals surface area contributed by atoms with E-state index in [1.165, 1.54) is 12.5 Å². The minimum Gasteiger partial charge on any atom is -0.481 e. The molecule has 1 heterocycles. The second kappa shape index (κ2) is 14.8. The van der Waals surface area contributed by atoms with Crippen LogP contribution in [0.1, 0.15) is 37.8 Å². The van der Waals surface area contributed by atoms with Crippen molar-refractivity contribution in [3.05, 3.63) is 18.2 Å². The predicted molar refractivity (Wildman–Crippen MR) is 123 cm³/mol. The molecule has 12 N–H and O–H groups in total. The van der Waals surface area contributed by atoms with Gasteiger partial charge in [-0.2, -0.15) is 0 Å². The maximum atomic E-state index is 12.8. The lowest BCUT2D eigenvalue weighted by Gasteiger charge is -2.24. The molecule has 204 valence electrons. The Morgan fingerprint density at radius 1 is 0.838 bits per heavy atom. The number of carbonyl (C=O) groups excluding carboxylic acids is 5. The highest BCUT2D eigenvalue weighted by molar-refractivity contribution is 5.96. The number of aliphatic carboxylic acids is 2. The van der Waals surface area contributed by atoms with Gasteiger partial charge in [-0.15, -0.1) is 0 Å². The van der Waals surface area contributed by atoms with Crippen LogP contribution in [-0.2, 0) is 40.0 Å². The molecule has 17 nitrogen and oxygen atoms in total. The number of hydrogen-bond acceptors (Lipinski definition) is 9. The van der Waals surface area contributed by atoms with Crippen molar-refractivity contribution in [3.8, 4) is 0 Å². The summed E-state index contributed by atoms with van der Waals surface area (Å²) < 4.78 is 0. The SMILES string of the molecule is NC(=O)CCC(NC(=O)C(CC(N)=O)NC(=O)C(N)CCC(=O)O)C(=O)NC(Cc1cnc[nH]1)C(=O)O. The smallest absolute Gasteiger partial charge is 0.326 e. The molecule has 0 saturated carbocycles. The van der Waals surface area contributed by atoms with Gasteiger partial charge in [0.25, 0.3) is 0 Å². The van der Waals surface area contributed by atoms with Gasteiger partial charge in [0.05, 0.1) is 18.8 Å². The number of nitrogens with one attached hydrogen (secondary N) is 4. The lowest BCUT2D eigenvalue weighted by Crippen LogP contribution is -2.58. The van der Waals surface area contributed by atoms with Crippen molar-refractivity contribution in [1.29, 1.82) is 0 Å². The first kappa shape index (κ1) is 30.5. The quantitative estimate of drug-likeness (QED) is 0.0937. The molecule has 0 saturated heterocycles. The summed E-state index contributed by atoms with van der Waals surface area (Å²) in [5, 5.41) is 24.8. The zero-order valence-corrected chi connectivity index (χ0v) is 19.6. The van der Waals surface area contributed by atoms with Crippen LogP contribution in [0.4, 0.5) is 0 Å². The standard InChI is InChI=1S/C20H30N8O9/c21-10(1-4-16(31)32)17(33)27-12(6-15(23)30)19(35)26-11(2-3-14(22)29)18(34)28-13(20(36)37)5-9-7-24-8-25-9/h7-8,10-13H,1-6,21H2,(H2,22,29)(H2,23,30)(H,24,25)(H,26,35)(H,27,33)(H,28,34)(H,31,32)(H,36,37). The largest absolute Gasteiger partial charge is 0.481 e. The average Bonchev–Trinajstić information content (AvgIpc) is 3.31. The molecule has 0 aromatic carbocycles. The fraction of sp³-hybridized carbons (Fsp3) is 0.500. The highest BCUT2D eigenvalue weighted by Crippen LogP contribution is 2.05. The molecular weight excluding hydrogens is 496 g/mol. The zero-order valence-electron chi connectivity index (χ0n) is 19.6. The van der Waals surface area contributed by atoms with Crippen LogP contribution in [0.15, 0.2) is 12.5 Å². The summed E-state index contributed by atoms with van der Waals surface area (Å²) >= 11 is 0. The number of nitrogens with zero attached hydrogens (tertiary/aromatic N) is 1. The summed E-state index contributed by atoms with van der Waals surface area (Å²) in [6, 6.07) is -5.86. The van der Waals surface area contributed by atoms with Crippen LogP contribution in [0.25, 0.3) is 0 Å². The Hall–Kier alpha value is -4.54. The van der Waals surface area contributed by atoms with E-state index in [9.17, 15) is 38.7 Å². The number of rotatable bonds is 17. The first-order valence-corrected chi connectivity index (χ1v) is 10.9. The highest BCUT2D eigenvalue weighted by Gasteiger charge is 2.31. The van der Waals surface area contributed by atoms with Crippen LogP contribution in [0.3, 0.4) is 0 Å². The van der Waals surface area contributed by atoms with E-state index in [4.69, 9.17) is 22.3 Å². The van der Waals surface area contributed by atoms with E-state index in [1.54, 1.807) is 0 Å². The van der Waals surface area contributed by atoms with Gasteiger partial charge in [0.15, 0.2) is 0 Å². The average molecular weight is 527 g/mol. The van der Waals surface area contributed by atoms with Gasteiger partial charge in [0.1, 0.15) is 18.1 Å². The molecule has 0 aliphatic heterocycles. The summed E-state index contributed by atoms with van der Waals surface area (Å²) in [5.74, 6) is -7.41. The first-order valence-electron chi connectivity index (χ1n) is 10.9. The number of primary amides is 2. The van der Waals surface area contributed by atoms with Crippen molar-refractivity contribution in [2.45, 2.75) is 62.7 Å². The molecule has 0 spiro atoms. The van der Waals surface area contributed by atoms with Crippen LogP contribution < -0.4 is 33.2 Å². The van der Waals surface area contributed by atoms with Gasteiger partial charge < -0.3 is 48.3 Å². The number of carboxylic acid groups (broad SMARTS) is 2. The van der Waals surface area contributed by atoms with Gasteiger partial charge in [0.2, 0.25) is 29.5 Å². The summed E-state index contributed by atoms with van der Waals surface area (Å²) in [5.41, 5.74) is 16.3. The van der Waals surface area contributed by atoms with Gasteiger partial charge in [0, 0.05) is 31.2 Å². The molecule has 0 aliphatic carbocycles. The van der Waals surface area contributed by atoms with Crippen molar-refractivity contribution >= 4 is 41.5 Å². The molecule has 0 bridgehead atoms. The lowest BCUT2D eigenvalue weighted by atomic mass is 10.1. The zero-order chi connectivity index (χ0) is 28.1. The Morgan fingerprint density at radius 3 is 1.95 bits per heavy atom. The van der Waals surface area contributed by atoms with Gasteiger partial charge >= 0.3 is 11.9 Å². The fourth-order valence-corrected chi connectivity index (χ4v) is 3.02.